The van der Waals surface area contributed by atoms with Gasteiger partial charge in [0.25, 0.3) is 0 Å². The molecule has 2 aliphatic heterocycles. The summed E-state index contributed by atoms with van der Waals surface area (Å²) in [5.41, 5.74) is 0.465. The molecule has 0 spiro atoms. The smallest absolute Gasteiger partial charge is 0.0509 e. The molecule has 3 nitrogen and oxygen atoms in total. The number of nitrogens with zero attached hydrogens (tertiary/aromatic N) is 1. The van der Waals surface area contributed by atoms with E-state index in [1.54, 1.807) is 0 Å². The van der Waals surface area contributed by atoms with Crippen molar-refractivity contribution in [2.75, 3.05) is 32.8 Å². The van der Waals surface area contributed by atoms with Crippen molar-refractivity contribution in [3.63, 3.8) is 0 Å². The maximum absolute atomic E-state index is 5.56. The van der Waals surface area contributed by atoms with Gasteiger partial charge in [-0.3, -0.25) is 4.90 Å². The summed E-state index contributed by atoms with van der Waals surface area (Å²) in [6.45, 7) is 8.17. The zero-order valence-electron chi connectivity index (χ0n) is 13.9. The average Bonchev–Trinajstić information content (AvgIpc) is 3.09. The van der Waals surface area contributed by atoms with Gasteiger partial charge >= 0.3 is 0 Å². The Morgan fingerprint density at radius 1 is 1.10 bits per heavy atom. The lowest BCUT2D eigenvalue weighted by Gasteiger charge is -2.49. The molecule has 0 aromatic heterocycles. The summed E-state index contributed by atoms with van der Waals surface area (Å²) in [6, 6.07) is 0.607. The minimum Gasteiger partial charge on any atom is -0.381 e. The number of nitrogens with one attached hydrogen (secondary N) is 1. The summed E-state index contributed by atoms with van der Waals surface area (Å²) >= 11 is 0. The van der Waals surface area contributed by atoms with Gasteiger partial charge in [0, 0.05) is 24.7 Å². The van der Waals surface area contributed by atoms with E-state index in [0.29, 0.717) is 11.6 Å². The van der Waals surface area contributed by atoms with Crippen molar-refractivity contribution in [1.82, 2.24) is 10.2 Å². The third-order valence-electron chi connectivity index (χ3n) is 6.24. The number of rotatable bonds is 5. The van der Waals surface area contributed by atoms with Crippen molar-refractivity contribution in [3.8, 4) is 0 Å². The number of piperidine rings is 1. The van der Waals surface area contributed by atoms with Crippen LogP contribution in [-0.4, -0.2) is 49.3 Å². The first-order valence-electron chi connectivity index (χ1n) is 9.36. The Morgan fingerprint density at radius 2 is 1.81 bits per heavy atom. The summed E-state index contributed by atoms with van der Waals surface area (Å²) < 4.78 is 5.56. The van der Waals surface area contributed by atoms with Gasteiger partial charge in [-0.1, -0.05) is 25.7 Å². The molecular formula is C18H34N2O. The van der Waals surface area contributed by atoms with E-state index < -0.39 is 0 Å². The summed E-state index contributed by atoms with van der Waals surface area (Å²) in [7, 11) is 0. The first-order valence-corrected chi connectivity index (χ1v) is 9.36. The van der Waals surface area contributed by atoms with Gasteiger partial charge < -0.3 is 10.1 Å². The molecule has 1 saturated carbocycles. The Balaban J connectivity index is 1.58. The van der Waals surface area contributed by atoms with E-state index in [-0.39, 0.29) is 0 Å². The summed E-state index contributed by atoms with van der Waals surface area (Å²) in [4.78, 5) is 2.85. The Bertz CT molecular complexity index is 302. The van der Waals surface area contributed by atoms with Crippen LogP contribution in [0.5, 0.6) is 0 Å². The van der Waals surface area contributed by atoms with Crippen molar-refractivity contribution in [2.45, 2.75) is 76.3 Å². The molecule has 2 atom stereocenters. The van der Waals surface area contributed by atoms with Gasteiger partial charge in [-0.25, -0.2) is 0 Å². The quantitative estimate of drug-likeness (QED) is 0.843. The van der Waals surface area contributed by atoms with Crippen LogP contribution in [0.25, 0.3) is 0 Å². The van der Waals surface area contributed by atoms with E-state index in [2.05, 4.69) is 17.1 Å². The lowest BCUT2D eigenvalue weighted by Crippen LogP contribution is -2.58. The van der Waals surface area contributed by atoms with Crippen LogP contribution in [0.1, 0.15) is 64.7 Å². The molecule has 122 valence electrons. The molecule has 0 aromatic rings. The second-order valence-corrected chi connectivity index (χ2v) is 7.63. The molecule has 3 heteroatoms. The second-order valence-electron chi connectivity index (χ2n) is 7.63. The van der Waals surface area contributed by atoms with Crippen LogP contribution in [0.15, 0.2) is 0 Å². The molecule has 0 bridgehead atoms. The summed E-state index contributed by atoms with van der Waals surface area (Å²) in [5.74, 6) is 0.729. The average molecular weight is 294 g/mol. The monoisotopic (exact) mass is 294 g/mol. The van der Waals surface area contributed by atoms with E-state index in [0.717, 1.165) is 19.1 Å². The standard InChI is InChI=1S/C18H34N2O/c1-16(17-8-13-21-14-17)19-15-18(9-4-2-5-10-18)20-11-6-3-7-12-20/h16-17,19H,2-15H2,1H3. The van der Waals surface area contributed by atoms with Gasteiger partial charge in [-0.05, 0) is 58.0 Å². The van der Waals surface area contributed by atoms with E-state index in [9.17, 15) is 0 Å². The highest BCUT2D eigenvalue weighted by Crippen LogP contribution is 2.35. The van der Waals surface area contributed by atoms with Crippen molar-refractivity contribution in [1.29, 1.82) is 0 Å². The molecule has 0 amide bonds. The predicted octanol–water partition coefficient (Wildman–Crippen LogP) is 3.19. The second kappa shape index (κ2) is 7.43. The Hall–Kier alpha value is -0.120. The van der Waals surface area contributed by atoms with E-state index in [1.807, 2.05) is 0 Å². The number of hydrogen-bond donors (Lipinski definition) is 1. The molecule has 0 aromatic carbocycles. The molecule has 1 aliphatic carbocycles. The minimum absolute atomic E-state index is 0.465. The first kappa shape index (κ1) is 15.8. The van der Waals surface area contributed by atoms with Gasteiger partial charge in [-0.2, -0.15) is 0 Å². The van der Waals surface area contributed by atoms with E-state index in [1.165, 1.54) is 77.4 Å². The molecule has 2 heterocycles. The van der Waals surface area contributed by atoms with Crippen molar-refractivity contribution in [2.24, 2.45) is 5.92 Å². The fraction of sp³-hybridized carbons (Fsp3) is 1.00. The Labute approximate surface area is 130 Å². The number of hydrogen-bond acceptors (Lipinski definition) is 3. The van der Waals surface area contributed by atoms with Crippen molar-refractivity contribution in [3.05, 3.63) is 0 Å². The number of ether oxygens (including phenoxy) is 1. The van der Waals surface area contributed by atoms with Gasteiger partial charge in [0.2, 0.25) is 0 Å². The molecule has 3 fully saturated rings. The Morgan fingerprint density at radius 3 is 2.48 bits per heavy atom. The topological polar surface area (TPSA) is 24.5 Å². The van der Waals surface area contributed by atoms with Gasteiger partial charge in [0.15, 0.2) is 0 Å². The molecule has 21 heavy (non-hydrogen) atoms. The van der Waals surface area contributed by atoms with Gasteiger partial charge in [-0.15, -0.1) is 0 Å². The third-order valence-corrected chi connectivity index (χ3v) is 6.24. The van der Waals surface area contributed by atoms with Crippen LogP contribution in [-0.2, 0) is 4.74 Å². The van der Waals surface area contributed by atoms with E-state index >= 15 is 0 Å². The molecule has 3 aliphatic rings. The SMILES string of the molecule is CC(NCC1(N2CCCCC2)CCCCC1)C1CCOC1. The highest BCUT2D eigenvalue weighted by Gasteiger charge is 2.38. The van der Waals surface area contributed by atoms with Gasteiger partial charge in [0.1, 0.15) is 0 Å². The van der Waals surface area contributed by atoms with Crippen LogP contribution in [0.4, 0.5) is 0 Å². The fourth-order valence-corrected chi connectivity index (χ4v) is 4.65. The highest BCUT2D eigenvalue weighted by atomic mass is 16.5. The van der Waals surface area contributed by atoms with Crippen LogP contribution in [0.2, 0.25) is 0 Å². The predicted molar refractivity (Wildman–Crippen MR) is 87.6 cm³/mol. The molecule has 3 rings (SSSR count). The maximum Gasteiger partial charge on any atom is 0.0509 e. The lowest BCUT2D eigenvalue weighted by atomic mass is 9.78. The minimum atomic E-state index is 0.465. The van der Waals surface area contributed by atoms with Crippen molar-refractivity contribution < 1.29 is 4.74 Å². The molecular weight excluding hydrogens is 260 g/mol. The zero-order chi connectivity index (χ0) is 14.5. The first-order chi connectivity index (χ1) is 10.3. The van der Waals surface area contributed by atoms with Crippen LogP contribution < -0.4 is 5.32 Å². The molecule has 2 saturated heterocycles. The molecule has 1 N–H and O–H groups in total. The Kier molecular flexibility index (Phi) is 5.58. The maximum atomic E-state index is 5.56. The molecule has 0 radical (unpaired) electrons. The lowest BCUT2D eigenvalue weighted by molar-refractivity contribution is 0.0300. The fourth-order valence-electron chi connectivity index (χ4n) is 4.65. The molecule has 2 unspecified atom stereocenters. The van der Waals surface area contributed by atoms with Crippen LogP contribution >= 0.6 is 0 Å². The largest absolute Gasteiger partial charge is 0.381 e. The third kappa shape index (κ3) is 3.80. The number of likely N-dealkylation sites (tertiary alicyclic amines) is 1. The highest BCUT2D eigenvalue weighted by molar-refractivity contribution is 4.97. The normalized spacial score (nSPS) is 32.1. The zero-order valence-corrected chi connectivity index (χ0v) is 13.9. The van der Waals surface area contributed by atoms with Crippen LogP contribution in [0, 0.1) is 5.92 Å². The summed E-state index contributed by atoms with van der Waals surface area (Å²) in [6.07, 6.45) is 12.6. The van der Waals surface area contributed by atoms with Crippen LogP contribution in [0.3, 0.4) is 0 Å². The van der Waals surface area contributed by atoms with Gasteiger partial charge in [0.05, 0.1) is 6.61 Å². The summed E-state index contributed by atoms with van der Waals surface area (Å²) in [5, 5.41) is 3.91. The van der Waals surface area contributed by atoms with Crippen molar-refractivity contribution >= 4 is 0 Å². The van der Waals surface area contributed by atoms with E-state index in [4.69, 9.17) is 4.74 Å².